The number of hydrogen-bond acceptors (Lipinski definition) is 9. The zero-order valence-corrected chi connectivity index (χ0v) is 27.0. The van der Waals surface area contributed by atoms with Crippen LogP contribution in [0.15, 0.2) is 24.3 Å². The molecule has 0 aromatic carbocycles. The summed E-state index contributed by atoms with van der Waals surface area (Å²) in [5.41, 5.74) is 0. The van der Waals surface area contributed by atoms with Crippen molar-refractivity contribution in [3.8, 4) is 0 Å². The minimum Gasteiger partial charge on any atom is -0.457 e. The molecule has 0 aliphatic carbocycles. The van der Waals surface area contributed by atoms with Crippen LogP contribution in [0.3, 0.4) is 0 Å². The van der Waals surface area contributed by atoms with E-state index in [2.05, 4.69) is 38.2 Å². The highest BCUT2D eigenvalue weighted by Gasteiger charge is 2.44. The fourth-order valence-corrected chi connectivity index (χ4v) is 4.86. The lowest BCUT2D eigenvalue weighted by Crippen LogP contribution is -2.59. The van der Waals surface area contributed by atoms with Crippen molar-refractivity contribution in [1.82, 2.24) is 0 Å². The van der Waals surface area contributed by atoms with Gasteiger partial charge in [0.05, 0.1) is 19.8 Å². The van der Waals surface area contributed by atoms with Crippen molar-refractivity contribution in [3.05, 3.63) is 24.3 Å². The van der Waals surface area contributed by atoms with Gasteiger partial charge in [-0.05, 0) is 38.5 Å². The number of esters is 1. The fraction of sp³-hybridized carbons (Fsp3) is 0.853. The zero-order valence-electron chi connectivity index (χ0n) is 27.0. The van der Waals surface area contributed by atoms with Gasteiger partial charge in [0.1, 0.15) is 30.5 Å². The van der Waals surface area contributed by atoms with Crippen LogP contribution in [0.4, 0.5) is 0 Å². The normalized spacial score (nSPS) is 23.3. The molecular weight excluding hydrogens is 552 g/mol. The quantitative estimate of drug-likeness (QED) is 0.0536. The van der Waals surface area contributed by atoms with E-state index in [0.29, 0.717) is 13.0 Å². The zero-order chi connectivity index (χ0) is 31.5. The summed E-state index contributed by atoms with van der Waals surface area (Å²) in [6, 6.07) is 0. The highest BCUT2D eigenvalue weighted by atomic mass is 16.7. The van der Waals surface area contributed by atoms with Crippen molar-refractivity contribution < 1.29 is 44.2 Å². The van der Waals surface area contributed by atoms with Gasteiger partial charge in [-0.25, -0.2) is 0 Å². The molecule has 1 fully saturated rings. The van der Waals surface area contributed by atoms with Gasteiger partial charge in [-0.3, -0.25) is 4.79 Å². The molecule has 9 heteroatoms. The first-order valence-corrected chi connectivity index (χ1v) is 16.9. The largest absolute Gasteiger partial charge is 0.457 e. The highest BCUT2D eigenvalue weighted by Crippen LogP contribution is 2.22. The Labute approximate surface area is 260 Å². The third-order valence-corrected chi connectivity index (χ3v) is 7.62. The Kier molecular flexibility index (Phi) is 24.9. The van der Waals surface area contributed by atoms with E-state index < -0.39 is 43.4 Å². The molecule has 0 saturated carbocycles. The van der Waals surface area contributed by atoms with Crippen LogP contribution in [-0.2, 0) is 23.7 Å². The van der Waals surface area contributed by atoms with Crippen molar-refractivity contribution in [2.45, 2.75) is 160 Å². The number of aliphatic hydroxyl groups is 4. The van der Waals surface area contributed by atoms with Crippen LogP contribution >= 0.6 is 0 Å². The summed E-state index contributed by atoms with van der Waals surface area (Å²) in [6.45, 7) is 4.42. The predicted molar refractivity (Wildman–Crippen MR) is 169 cm³/mol. The summed E-state index contributed by atoms with van der Waals surface area (Å²) in [5.74, 6) is -0.333. The number of unbranched alkanes of at least 4 members (excludes halogenated alkanes) is 12. The van der Waals surface area contributed by atoms with Crippen molar-refractivity contribution in [2.24, 2.45) is 0 Å². The molecule has 0 bridgehead atoms. The van der Waals surface area contributed by atoms with E-state index in [1.807, 2.05) is 0 Å². The molecule has 9 nitrogen and oxygen atoms in total. The number of carbonyl (C=O) groups is 1. The van der Waals surface area contributed by atoms with Gasteiger partial charge >= 0.3 is 5.97 Å². The number of allylic oxidation sites excluding steroid dienone is 4. The lowest BCUT2D eigenvalue weighted by molar-refractivity contribution is -0.305. The fourth-order valence-electron chi connectivity index (χ4n) is 4.86. The van der Waals surface area contributed by atoms with Crippen molar-refractivity contribution >= 4 is 5.97 Å². The van der Waals surface area contributed by atoms with E-state index in [0.717, 1.165) is 57.8 Å². The molecule has 1 aliphatic rings. The number of carbonyl (C=O) groups excluding carboxylic acids is 1. The molecule has 6 atom stereocenters. The maximum Gasteiger partial charge on any atom is 0.306 e. The lowest BCUT2D eigenvalue weighted by Gasteiger charge is -2.39. The summed E-state index contributed by atoms with van der Waals surface area (Å²) >= 11 is 0. The van der Waals surface area contributed by atoms with Crippen LogP contribution < -0.4 is 0 Å². The standard InChI is InChI=1S/C34H62O9/c1-3-5-7-9-11-12-13-14-15-16-17-18-19-21-23-30(36)42-28(26-40-24-22-20-10-8-6-4-2)27-41-34-33(39)32(38)31(37)29(25-35)43-34/h9,11,13-14,28-29,31-35,37-39H,3-8,10,12,15-27H2,1-2H3/b11-9-,14-13-. The average molecular weight is 615 g/mol. The second-order valence-electron chi connectivity index (χ2n) is 11.6. The molecule has 252 valence electrons. The number of hydrogen-bond donors (Lipinski definition) is 4. The van der Waals surface area contributed by atoms with Gasteiger partial charge < -0.3 is 39.4 Å². The van der Waals surface area contributed by atoms with Crippen LogP contribution in [-0.4, -0.2) is 89.6 Å². The molecule has 1 saturated heterocycles. The Hall–Kier alpha value is -1.33. The van der Waals surface area contributed by atoms with Crippen LogP contribution in [0, 0.1) is 0 Å². The summed E-state index contributed by atoms with van der Waals surface area (Å²) in [5, 5.41) is 39.7. The minimum absolute atomic E-state index is 0.118. The Morgan fingerprint density at radius 1 is 0.744 bits per heavy atom. The third kappa shape index (κ3) is 19.6. The first-order valence-electron chi connectivity index (χ1n) is 16.9. The smallest absolute Gasteiger partial charge is 0.306 e. The van der Waals surface area contributed by atoms with Crippen molar-refractivity contribution in [3.63, 3.8) is 0 Å². The Bertz CT molecular complexity index is 712. The summed E-state index contributed by atoms with van der Waals surface area (Å²) < 4.78 is 22.5. The second kappa shape index (κ2) is 27.0. The van der Waals surface area contributed by atoms with Gasteiger partial charge in [-0.15, -0.1) is 0 Å². The Morgan fingerprint density at radius 3 is 2.07 bits per heavy atom. The maximum atomic E-state index is 12.6. The predicted octanol–water partition coefficient (Wildman–Crippen LogP) is 5.52. The van der Waals surface area contributed by atoms with Gasteiger partial charge in [0.25, 0.3) is 0 Å². The molecule has 0 aromatic heterocycles. The molecular formula is C34H62O9. The maximum absolute atomic E-state index is 12.6. The summed E-state index contributed by atoms with van der Waals surface area (Å²) in [7, 11) is 0. The van der Waals surface area contributed by atoms with Gasteiger partial charge in [0, 0.05) is 13.0 Å². The van der Waals surface area contributed by atoms with Gasteiger partial charge in [-0.2, -0.15) is 0 Å². The Morgan fingerprint density at radius 2 is 1.37 bits per heavy atom. The topological polar surface area (TPSA) is 135 Å². The van der Waals surface area contributed by atoms with Gasteiger partial charge in [0.2, 0.25) is 0 Å². The number of rotatable bonds is 27. The molecule has 1 aliphatic heterocycles. The molecule has 1 rings (SSSR count). The van der Waals surface area contributed by atoms with E-state index in [9.17, 15) is 25.2 Å². The van der Waals surface area contributed by atoms with Crippen molar-refractivity contribution in [2.75, 3.05) is 26.4 Å². The average Bonchev–Trinajstić information content (AvgIpc) is 3.00. The molecule has 4 N–H and O–H groups in total. The van der Waals surface area contributed by atoms with Gasteiger partial charge in [-0.1, -0.05) is 102 Å². The van der Waals surface area contributed by atoms with Crippen LogP contribution in [0.5, 0.6) is 0 Å². The second-order valence-corrected chi connectivity index (χ2v) is 11.6. The van der Waals surface area contributed by atoms with Gasteiger partial charge in [0.15, 0.2) is 6.29 Å². The van der Waals surface area contributed by atoms with Crippen molar-refractivity contribution in [1.29, 1.82) is 0 Å². The summed E-state index contributed by atoms with van der Waals surface area (Å²) in [4.78, 5) is 12.6. The molecule has 0 radical (unpaired) electrons. The van der Waals surface area contributed by atoms with E-state index in [4.69, 9.17) is 18.9 Å². The SMILES string of the molecule is CCCC/C=C\C/C=C\CCCCCCCC(=O)OC(COCCCCCCCC)COC1OC(CO)C(O)C(O)C1O. The van der Waals surface area contributed by atoms with E-state index in [1.165, 1.54) is 44.9 Å². The minimum atomic E-state index is -1.53. The third-order valence-electron chi connectivity index (χ3n) is 7.62. The first kappa shape index (κ1) is 39.7. The monoisotopic (exact) mass is 614 g/mol. The van der Waals surface area contributed by atoms with E-state index in [-0.39, 0.29) is 19.2 Å². The molecule has 43 heavy (non-hydrogen) atoms. The summed E-state index contributed by atoms with van der Waals surface area (Å²) in [6.07, 6.45) is 19.3. The van der Waals surface area contributed by atoms with E-state index in [1.54, 1.807) is 0 Å². The van der Waals surface area contributed by atoms with E-state index >= 15 is 0 Å². The Balaban J connectivity index is 2.36. The van der Waals surface area contributed by atoms with Crippen LogP contribution in [0.1, 0.15) is 123 Å². The number of ether oxygens (including phenoxy) is 4. The molecule has 0 amide bonds. The first-order chi connectivity index (χ1) is 20.9. The molecule has 1 heterocycles. The number of aliphatic hydroxyl groups excluding tert-OH is 4. The molecule has 0 aromatic rings. The van der Waals surface area contributed by atoms with Crippen LogP contribution in [0.2, 0.25) is 0 Å². The molecule has 0 spiro atoms. The lowest BCUT2D eigenvalue weighted by atomic mass is 9.99. The van der Waals surface area contributed by atoms with Crippen LogP contribution in [0.25, 0.3) is 0 Å². The highest BCUT2D eigenvalue weighted by molar-refractivity contribution is 5.69. The molecule has 6 unspecified atom stereocenters.